The predicted octanol–water partition coefficient (Wildman–Crippen LogP) is 2.27. The number of esters is 1. The molecule has 0 saturated heterocycles. The Hall–Kier alpha value is -3.48. The van der Waals surface area contributed by atoms with E-state index in [1.54, 1.807) is 18.2 Å². The molecule has 1 aliphatic rings. The lowest BCUT2D eigenvalue weighted by Crippen LogP contribution is -2.36. The average molecular weight is 380 g/mol. The number of para-hydroxylation sites is 2. The van der Waals surface area contributed by atoms with Crippen molar-refractivity contribution >= 4 is 34.9 Å². The number of carbonyl (C=O) groups excluding carboxylic acids is 4. The molecular formula is C21H20N2O5. The molecule has 7 nitrogen and oxygen atoms in total. The minimum Gasteiger partial charge on any atom is -0.454 e. The molecule has 0 aliphatic carbocycles. The zero-order chi connectivity index (χ0) is 20.3. The van der Waals surface area contributed by atoms with Crippen LogP contribution in [0.3, 0.4) is 0 Å². The van der Waals surface area contributed by atoms with Crippen LogP contribution >= 0.6 is 0 Å². The van der Waals surface area contributed by atoms with Crippen LogP contribution in [-0.4, -0.2) is 36.7 Å². The first-order valence-electron chi connectivity index (χ1n) is 8.91. The third kappa shape index (κ3) is 3.78. The van der Waals surface area contributed by atoms with Gasteiger partial charge in [-0.05, 0) is 36.6 Å². The molecule has 1 heterocycles. The van der Waals surface area contributed by atoms with Gasteiger partial charge in [0.2, 0.25) is 0 Å². The minimum absolute atomic E-state index is 0.254. The largest absolute Gasteiger partial charge is 0.454 e. The maximum Gasteiger partial charge on any atom is 0.326 e. The first-order valence-corrected chi connectivity index (χ1v) is 8.91. The number of hydrogen-bond donors (Lipinski definition) is 1. The van der Waals surface area contributed by atoms with Crippen LogP contribution in [0.1, 0.15) is 28.4 Å². The van der Waals surface area contributed by atoms with Crippen molar-refractivity contribution in [3.05, 3.63) is 59.2 Å². The number of Topliss-reactive ketones (excluding diaryl/α,β-unsaturated/α-hetero) is 1. The Bertz CT molecular complexity index is 967. The topological polar surface area (TPSA) is 92.8 Å². The highest BCUT2D eigenvalue weighted by Crippen LogP contribution is 2.28. The second-order valence-corrected chi connectivity index (χ2v) is 6.41. The SMILES string of the molecule is CCc1cccc(C)c1NC(=O)COC(=O)CN1C(=O)C(=O)c2ccccc21. The summed E-state index contributed by atoms with van der Waals surface area (Å²) < 4.78 is 4.99. The summed E-state index contributed by atoms with van der Waals surface area (Å²) in [7, 11) is 0. The number of ketones is 1. The molecule has 1 aliphatic heterocycles. The number of carbonyl (C=O) groups is 4. The summed E-state index contributed by atoms with van der Waals surface area (Å²) in [5.41, 5.74) is 3.23. The van der Waals surface area contributed by atoms with Gasteiger partial charge in [-0.3, -0.25) is 24.1 Å². The molecule has 7 heteroatoms. The number of amides is 2. The number of benzene rings is 2. The van der Waals surface area contributed by atoms with E-state index in [9.17, 15) is 19.2 Å². The maximum absolute atomic E-state index is 12.2. The summed E-state index contributed by atoms with van der Waals surface area (Å²) >= 11 is 0. The van der Waals surface area contributed by atoms with Crippen molar-refractivity contribution < 1.29 is 23.9 Å². The smallest absolute Gasteiger partial charge is 0.326 e. The van der Waals surface area contributed by atoms with Crippen LogP contribution in [0, 0.1) is 6.92 Å². The Morgan fingerprint density at radius 3 is 2.57 bits per heavy atom. The van der Waals surface area contributed by atoms with Crippen molar-refractivity contribution in [1.29, 1.82) is 0 Å². The van der Waals surface area contributed by atoms with Gasteiger partial charge in [0, 0.05) is 5.69 Å². The number of fused-ring (bicyclic) bond motifs is 1. The van der Waals surface area contributed by atoms with Crippen LogP contribution in [0.5, 0.6) is 0 Å². The fourth-order valence-corrected chi connectivity index (χ4v) is 3.10. The standard InChI is InChI=1S/C21H20N2O5/c1-3-14-8-6-7-13(2)19(14)22-17(24)12-28-18(25)11-23-16-10-5-4-9-15(16)20(26)21(23)27/h4-10H,3,11-12H2,1-2H3,(H,22,24). The van der Waals surface area contributed by atoms with Crippen LogP contribution in [0.4, 0.5) is 11.4 Å². The van der Waals surface area contributed by atoms with Gasteiger partial charge in [-0.2, -0.15) is 0 Å². The second-order valence-electron chi connectivity index (χ2n) is 6.41. The molecule has 2 aromatic carbocycles. The van der Waals surface area contributed by atoms with E-state index in [4.69, 9.17) is 4.74 Å². The van der Waals surface area contributed by atoms with Gasteiger partial charge < -0.3 is 10.1 Å². The molecule has 0 bridgehead atoms. The monoisotopic (exact) mass is 380 g/mol. The highest BCUT2D eigenvalue weighted by molar-refractivity contribution is 6.52. The molecule has 0 spiro atoms. The van der Waals surface area contributed by atoms with Gasteiger partial charge in [0.25, 0.3) is 17.6 Å². The number of ether oxygens (including phenoxy) is 1. The lowest BCUT2D eigenvalue weighted by atomic mass is 10.1. The maximum atomic E-state index is 12.2. The predicted molar refractivity (Wildman–Crippen MR) is 103 cm³/mol. The van der Waals surface area contributed by atoms with Crippen molar-refractivity contribution in [2.24, 2.45) is 0 Å². The van der Waals surface area contributed by atoms with E-state index >= 15 is 0 Å². The molecule has 144 valence electrons. The highest BCUT2D eigenvalue weighted by Gasteiger charge is 2.36. The molecular weight excluding hydrogens is 360 g/mol. The number of aryl methyl sites for hydroxylation is 2. The molecule has 0 aromatic heterocycles. The van der Waals surface area contributed by atoms with Gasteiger partial charge in [0.1, 0.15) is 6.54 Å². The van der Waals surface area contributed by atoms with Gasteiger partial charge in [-0.1, -0.05) is 37.3 Å². The Labute approximate surface area is 162 Å². The summed E-state index contributed by atoms with van der Waals surface area (Å²) in [5, 5.41) is 2.76. The number of hydrogen-bond acceptors (Lipinski definition) is 5. The number of nitrogens with one attached hydrogen (secondary N) is 1. The lowest BCUT2D eigenvalue weighted by Gasteiger charge is -2.16. The van der Waals surface area contributed by atoms with Crippen LogP contribution in [0.25, 0.3) is 0 Å². The molecule has 0 unspecified atom stereocenters. The second kappa shape index (κ2) is 8.04. The first kappa shape index (κ1) is 19.3. The number of anilines is 2. The Kier molecular flexibility index (Phi) is 5.54. The van der Waals surface area contributed by atoms with Crippen LogP contribution < -0.4 is 10.2 Å². The van der Waals surface area contributed by atoms with Gasteiger partial charge in [-0.25, -0.2) is 0 Å². The highest BCUT2D eigenvalue weighted by atomic mass is 16.5. The van der Waals surface area contributed by atoms with Crippen molar-refractivity contribution in [1.82, 2.24) is 0 Å². The molecule has 0 fully saturated rings. The van der Waals surface area contributed by atoms with Crippen molar-refractivity contribution in [2.75, 3.05) is 23.4 Å². The zero-order valence-electron chi connectivity index (χ0n) is 15.7. The van der Waals surface area contributed by atoms with Gasteiger partial charge in [0.05, 0.1) is 11.3 Å². The number of nitrogens with zero attached hydrogens (tertiary/aromatic N) is 1. The minimum atomic E-state index is -0.782. The van der Waals surface area contributed by atoms with Gasteiger partial charge >= 0.3 is 5.97 Å². The quantitative estimate of drug-likeness (QED) is 0.613. The summed E-state index contributed by atoms with van der Waals surface area (Å²) in [6.45, 7) is 2.96. The molecule has 28 heavy (non-hydrogen) atoms. The Balaban J connectivity index is 1.59. The normalized spacial score (nSPS) is 12.7. The van der Waals surface area contributed by atoms with E-state index in [0.29, 0.717) is 11.4 Å². The zero-order valence-corrected chi connectivity index (χ0v) is 15.7. The first-order chi connectivity index (χ1) is 13.4. The van der Waals surface area contributed by atoms with Gasteiger partial charge in [-0.15, -0.1) is 0 Å². The van der Waals surface area contributed by atoms with Crippen molar-refractivity contribution in [2.45, 2.75) is 20.3 Å². The molecule has 0 radical (unpaired) electrons. The third-order valence-corrected chi connectivity index (χ3v) is 4.53. The number of rotatable bonds is 6. The summed E-state index contributed by atoms with van der Waals surface area (Å²) in [6.07, 6.45) is 0.752. The average Bonchev–Trinajstić information content (AvgIpc) is 2.93. The van der Waals surface area contributed by atoms with Gasteiger partial charge in [0.15, 0.2) is 6.61 Å². The summed E-state index contributed by atoms with van der Waals surface area (Å²) in [6, 6.07) is 12.1. The van der Waals surface area contributed by atoms with E-state index in [2.05, 4.69) is 5.32 Å². The van der Waals surface area contributed by atoms with E-state index in [1.165, 1.54) is 6.07 Å². The van der Waals surface area contributed by atoms with Crippen LogP contribution in [-0.2, 0) is 25.5 Å². The Morgan fingerprint density at radius 1 is 1.07 bits per heavy atom. The van der Waals surface area contributed by atoms with Crippen LogP contribution in [0.2, 0.25) is 0 Å². The molecule has 2 aromatic rings. The summed E-state index contributed by atoms with van der Waals surface area (Å²) in [5.74, 6) is -2.68. The third-order valence-electron chi connectivity index (χ3n) is 4.53. The summed E-state index contributed by atoms with van der Waals surface area (Å²) in [4.78, 5) is 49.3. The molecule has 1 N–H and O–H groups in total. The fraction of sp³-hybridized carbons (Fsp3) is 0.238. The van der Waals surface area contributed by atoms with Crippen molar-refractivity contribution in [3.63, 3.8) is 0 Å². The van der Waals surface area contributed by atoms with E-state index < -0.39 is 36.7 Å². The lowest BCUT2D eigenvalue weighted by molar-refractivity contribution is -0.146. The molecule has 3 rings (SSSR count). The van der Waals surface area contributed by atoms with Crippen LogP contribution in [0.15, 0.2) is 42.5 Å². The van der Waals surface area contributed by atoms with E-state index in [-0.39, 0.29) is 5.56 Å². The fourth-order valence-electron chi connectivity index (χ4n) is 3.10. The molecule has 0 atom stereocenters. The van der Waals surface area contributed by atoms with Crippen molar-refractivity contribution in [3.8, 4) is 0 Å². The molecule has 2 amide bonds. The van der Waals surface area contributed by atoms with E-state index in [0.717, 1.165) is 22.4 Å². The van der Waals surface area contributed by atoms with E-state index in [1.807, 2.05) is 32.0 Å². The Morgan fingerprint density at radius 2 is 1.82 bits per heavy atom. The molecule has 0 saturated carbocycles.